The Balaban J connectivity index is 2.38. The van der Waals surface area contributed by atoms with Crippen LogP contribution in [0.5, 0.6) is 0 Å². The molecule has 0 saturated carbocycles. The third-order valence-electron chi connectivity index (χ3n) is 2.80. The molecule has 0 amide bonds. The fraction of sp³-hybridized carbons (Fsp3) is 0.200. The number of rotatable bonds is 4. The summed E-state index contributed by atoms with van der Waals surface area (Å²) in [5.74, 6) is 0. The molecule has 0 spiro atoms. The second-order valence-corrected chi connectivity index (χ2v) is 4.88. The van der Waals surface area contributed by atoms with Crippen molar-refractivity contribution < 1.29 is 0 Å². The Morgan fingerprint density at radius 3 is 2.50 bits per heavy atom. The highest BCUT2D eigenvalue weighted by Gasteiger charge is 2.06. The maximum atomic E-state index is 6.21. The van der Waals surface area contributed by atoms with E-state index >= 15 is 0 Å². The summed E-state index contributed by atoms with van der Waals surface area (Å²) in [6.07, 6.45) is 0. The third kappa shape index (κ3) is 3.05. The van der Waals surface area contributed by atoms with E-state index in [0.29, 0.717) is 0 Å². The van der Waals surface area contributed by atoms with Gasteiger partial charge in [0.15, 0.2) is 0 Å². The van der Waals surface area contributed by atoms with Gasteiger partial charge in [0.1, 0.15) is 0 Å². The minimum absolute atomic E-state index is 0.759. The van der Waals surface area contributed by atoms with Gasteiger partial charge in [-0.15, -0.1) is 0 Å². The molecule has 0 fully saturated rings. The monoisotopic (exact) mass is 279 g/mol. The van der Waals surface area contributed by atoms with E-state index in [1.807, 2.05) is 36.4 Å². The highest BCUT2D eigenvalue weighted by molar-refractivity contribution is 6.33. The molecule has 0 unspecified atom stereocenters. The van der Waals surface area contributed by atoms with Gasteiger partial charge in [0, 0.05) is 22.2 Å². The van der Waals surface area contributed by atoms with E-state index in [4.69, 9.17) is 23.2 Å². The van der Waals surface area contributed by atoms with Gasteiger partial charge in [-0.05, 0) is 35.9 Å². The van der Waals surface area contributed by atoms with Gasteiger partial charge < -0.3 is 5.32 Å². The molecule has 3 heteroatoms. The molecule has 1 nitrogen and oxygen atoms in total. The van der Waals surface area contributed by atoms with Gasteiger partial charge in [0.2, 0.25) is 0 Å². The molecule has 2 aromatic carbocycles. The van der Waals surface area contributed by atoms with Crippen molar-refractivity contribution in [1.82, 2.24) is 5.32 Å². The zero-order valence-electron chi connectivity index (χ0n) is 10.2. The Kier molecular flexibility index (Phi) is 4.65. The van der Waals surface area contributed by atoms with Crippen molar-refractivity contribution in [2.45, 2.75) is 13.5 Å². The first-order valence-corrected chi connectivity index (χ1v) is 6.72. The van der Waals surface area contributed by atoms with E-state index in [-0.39, 0.29) is 0 Å². The summed E-state index contributed by atoms with van der Waals surface area (Å²) in [5, 5.41) is 4.82. The van der Waals surface area contributed by atoms with Gasteiger partial charge in [-0.25, -0.2) is 0 Å². The average Bonchev–Trinajstić information content (AvgIpc) is 2.39. The molecule has 0 aliphatic heterocycles. The summed E-state index contributed by atoms with van der Waals surface area (Å²) in [6.45, 7) is 3.77. The van der Waals surface area contributed by atoms with Crippen LogP contribution in [0.4, 0.5) is 0 Å². The first kappa shape index (κ1) is 13.4. The fourth-order valence-electron chi connectivity index (χ4n) is 1.83. The number of benzene rings is 2. The van der Waals surface area contributed by atoms with Crippen LogP contribution in [-0.4, -0.2) is 6.54 Å². The maximum Gasteiger partial charge on any atom is 0.0484 e. The van der Waals surface area contributed by atoms with Crippen molar-refractivity contribution in [2.75, 3.05) is 6.54 Å². The molecule has 0 aromatic heterocycles. The van der Waals surface area contributed by atoms with Gasteiger partial charge >= 0.3 is 0 Å². The van der Waals surface area contributed by atoms with Gasteiger partial charge in [-0.1, -0.05) is 54.4 Å². The van der Waals surface area contributed by atoms with E-state index in [2.05, 4.69) is 18.3 Å². The lowest BCUT2D eigenvalue weighted by Gasteiger charge is -2.09. The van der Waals surface area contributed by atoms with Crippen molar-refractivity contribution >= 4 is 23.2 Å². The molecule has 1 N–H and O–H groups in total. The van der Waals surface area contributed by atoms with Crippen LogP contribution in [0.2, 0.25) is 10.0 Å². The standard InChI is InChI=1S/C15H15Cl2N/c1-2-18-10-12-9-11(7-8-14(12)16)13-5-3-4-6-15(13)17/h3-9,18H,2,10H2,1H3. The smallest absolute Gasteiger partial charge is 0.0484 e. The van der Waals surface area contributed by atoms with E-state index in [1.54, 1.807) is 0 Å². The summed E-state index contributed by atoms with van der Waals surface area (Å²) >= 11 is 12.4. The van der Waals surface area contributed by atoms with Crippen LogP contribution in [0.3, 0.4) is 0 Å². The van der Waals surface area contributed by atoms with Gasteiger partial charge in [0.25, 0.3) is 0 Å². The second-order valence-electron chi connectivity index (χ2n) is 4.07. The maximum absolute atomic E-state index is 6.21. The van der Waals surface area contributed by atoms with E-state index in [1.165, 1.54) is 0 Å². The number of hydrogen-bond acceptors (Lipinski definition) is 1. The van der Waals surface area contributed by atoms with Crippen molar-refractivity contribution in [2.24, 2.45) is 0 Å². The first-order chi connectivity index (χ1) is 8.72. The lowest BCUT2D eigenvalue weighted by Crippen LogP contribution is -2.12. The van der Waals surface area contributed by atoms with Crippen LogP contribution < -0.4 is 5.32 Å². The molecule has 0 aliphatic carbocycles. The summed E-state index contributed by atoms with van der Waals surface area (Å²) in [7, 11) is 0. The minimum atomic E-state index is 0.759. The zero-order valence-corrected chi connectivity index (χ0v) is 11.7. The van der Waals surface area contributed by atoms with E-state index < -0.39 is 0 Å². The van der Waals surface area contributed by atoms with Crippen LogP contribution >= 0.6 is 23.2 Å². The molecule has 2 aromatic rings. The zero-order chi connectivity index (χ0) is 13.0. The molecule has 2 rings (SSSR count). The second kappa shape index (κ2) is 6.24. The average molecular weight is 280 g/mol. The van der Waals surface area contributed by atoms with Crippen LogP contribution in [0.15, 0.2) is 42.5 Å². The van der Waals surface area contributed by atoms with E-state index in [0.717, 1.165) is 39.8 Å². The number of nitrogens with one attached hydrogen (secondary N) is 1. The summed E-state index contributed by atoms with van der Waals surface area (Å²) in [5.41, 5.74) is 3.22. The molecule has 0 radical (unpaired) electrons. The molecule has 0 heterocycles. The Morgan fingerprint density at radius 1 is 1.00 bits per heavy atom. The molecule has 0 atom stereocenters. The molecular formula is C15H15Cl2N. The predicted molar refractivity (Wildman–Crippen MR) is 79.3 cm³/mol. The van der Waals surface area contributed by atoms with Crippen LogP contribution in [-0.2, 0) is 6.54 Å². The quantitative estimate of drug-likeness (QED) is 0.850. The van der Waals surface area contributed by atoms with Crippen molar-refractivity contribution in [3.63, 3.8) is 0 Å². The molecular weight excluding hydrogens is 265 g/mol. The first-order valence-electron chi connectivity index (χ1n) is 5.96. The predicted octanol–water partition coefficient (Wildman–Crippen LogP) is 4.77. The van der Waals surface area contributed by atoms with Crippen molar-refractivity contribution in [3.05, 3.63) is 58.1 Å². The minimum Gasteiger partial charge on any atom is -0.313 e. The molecule has 0 aliphatic rings. The summed E-state index contributed by atoms with van der Waals surface area (Å²) in [4.78, 5) is 0. The Morgan fingerprint density at radius 2 is 1.78 bits per heavy atom. The summed E-state index contributed by atoms with van der Waals surface area (Å²) < 4.78 is 0. The summed E-state index contributed by atoms with van der Waals surface area (Å²) in [6, 6.07) is 13.8. The molecule has 18 heavy (non-hydrogen) atoms. The van der Waals surface area contributed by atoms with Crippen LogP contribution in [0, 0.1) is 0 Å². The highest BCUT2D eigenvalue weighted by Crippen LogP contribution is 2.30. The van der Waals surface area contributed by atoms with Crippen LogP contribution in [0.1, 0.15) is 12.5 Å². The van der Waals surface area contributed by atoms with Crippen LogP contribution in [0.25, 0.3) is 11.1 Å². The van der Waals surface area contributed by atoms with E-state index in [9.17, 15) is 0 Å². The Labute approximate surface area is 118 Å². The number of hydrogen-bond donors (Lipinski definition) is 1. The molecule has 0 bridgehead atoms. The third-order valence-corrected chi connectivity index (χ3v) is 3.49. The van der Waals surface area contributed by atoms with Gasteiger partial charge in [-0.2, -0.15) is 0 Å². The van der Waals surface area contributed by atoms with Gasteiger partial charge in [0.05, 0.1) is 0 Å². The van der Waals surface area contributed by atoms with Crippen molar-refractivity contribution in [1.29, 1.82) is 0 Å². The number of halogens is 2. The largest absolute Gasteiger partial charge is 0.313 e. The highest BCUT2D eigenvalue weighted by atomic mass is 35.5. The normalized spacial score (nSPS) is 10.6. The lowest BCUT2D eigenvalue weighted by atomic mass is 10.0. The Hall–Kier alpha value is -1.02. The Bertz CT molecular complexity index is 538. The van der Waals surface area contributed by atoms with Crippen molar-refractivity contribution in [3.8, 4) is 11.1 Å². The lowest BCUT2D eigenvalue weighted by molar-refractivity contribution is 0.727. The molecule has 94 valence electrons. The SMILES string of the molecule is CCNCc1cc(-c2ccccc2Cl)ccc1Cl. The molecule has 0 saturated heterocycles. The van der Waals surface area contributed by atoms with Gasteiger partial charge in [-0.3, -0.25) is 0 Å². The fourth-order valence-corrected chi connectivity index (χ4v) is 2.26. The topological polar surface area (TPSA) is 12.0 Å².